The molecule has 1 atom stereocenters. The van der Waals surface area contributed by atoms with Crippen molar-refractivity contribution in [1.29, 1.82) is 0 Å². The molecule has 2 rings (SSSR count). The molecule has 0 radical (unpaired) electrons. The summed E-state index contributed by atoms with van der Waals surface area (Å²) in [5.74, 6) is 0.675. The number of aromatic nitrogens is 2. The van der Waals surface area contributed by atoms with Crippen LogP contribution in [-0.4, -0.2) is 22.3 Å². The van der Waals surface area contributed by atoms with Crippen molar-refractivity contribution >= 4 is 11.7 Å². The van der Waals surface area contributed by atoms with Crippen LogP contribution in [0.4, 0.5) is 5.82 Å². The minimum Gasteiger partial charge on any atom is -0.481 e. The van der Waals surface area contributed by atoms with Crippen LogP contribution in [0.15, 0.2) is 22.8 Å². The predicted octanol–water partition coefficient (Wildman–Crippen LogP) is 2.40. The minimum atomic E-state index is -0.646. The number of hydrogen-bond donors (Lipinski definition) is 1. The molecule has 6 nitrogen and oxygen atoms in total. The normalized spacial score (nSPS) is 12.0. The molecule has 1 aromatic carbocycles. The lowest BCUT2D eigenvalue weighted by Crippen LogP contribution is -2.30. The summed E-state index contributed by atoms with van der Waals surface area (Å²) in [5.41, 5.74) is 2.70. The summed E-state index contributed by atoms with van der Waals surface area (Å²) in [6.45, 7) is 7.33. The van der Waals surface area contributed by atoms with Gasteiger partial charge in [0, 0.05) is 0 Å². The molecule has 0 aliphatic rings. The molecule has 106 valence electrons. The molecule has 0 fully saturated rings. The third-order valence-corrected chi connectivity index (χ3v) is 2.77. The topological polar surface area (TPSA) is 77.2 Å². The number of nitrogens with one attached hydrogen (secondary N) is 1. The maximum Gasteiger partial charge on any atom is 0.266 e. The maximum atomic E-state index is 12.0. The van der Waals surface area contributed by atoms with Crippen LogP contribution in [0.2, 0.25) is 0 Å². The molecule has 1 aromatic heterocycles. The highest BCUT2D eigenvalue weighted by atomic mass is 16.6. The second kappa shape index (κ2) is 5.73. The highest BCUT2D eigenvalue weighted by molar-refractivity contribution is 5.93. The fraction of sp³-hybridized carbons (Fsp3) is 0.357. The number of aryl methyl sites for hydroxylation is 3. The molecule has 1 N–H and O–H groups in total. The first-order chi connectivity index (χ1) is 9.45. The van der Waals surface area contributed by atoms with Crippen molar-refractivity contribution in [1.82, 2.24) is 10.3 Å². The van der Waals surface area contributed by atoms with Crippen LogP contribution in [0.25, 0.3) is 0 Å². The van der Waals surface area contributed by atoms with Gasteiger partial charge in [0.25, 0.3) is 5.91 Å². The second-order valence-corrected chi connectivity index (χ2v) is 4.77. The highest BCUT2D eigenvalue weighted by Gasteiger charge is 2.18. The summed E-state index contributed by atoms with van der Waals surface area (Å²) in [6, 6.07) is 5.82. The number of carbonyl (C=O) groups excluding carboxylic acids is 1. The summed E-state index contributed by atoms with van der Waals surface area (Å²) in [4.78, 5) is 12.0. The number of hydrogen-bond acceptors (Lipinski definition) is 5. The van der Waals surface area contributed by atoms with Crippen LogP contribution in [0.5, 0.6) is 5.75 Å². The zero-order valence-electron chi connectivity index (χ0n) is 11.9. The molecule has 0 saturated carbocycles. The van der Waals surface area contributed by atoms with Crippen LogP contribution in [0.1, 0.15) is 23.7 Å². The summed E-state index contributed by atoms with van der Waals surface area (Å²) >= 11 is 0. The fourth-order valence-electron chi connectivity index (χ4n) is 1.82. The van der Waals surface area contributed by atoms with E-state index in [1.54, 1.807) is 13.8 Å². The van der Waals surface area contributed by atoms with Gasteiger partial charge in [-0.2, -0.15) is 0 Å². The molecule has 0 bridgehead atoms. The second-order valence-electron chi connectivity index (χ2n) is 4.77. The summed E-state index contributed by atoms with van der Waals surface area (Å²) in [6.07, 6.45) is -0.646. The molecule has 1 heterocycles. The van der Waals surface area contributed by atoms with Gasteiger partial charge in [0.1, 0.15) is 11.4 Å². The third kappa shape index (κ3) is 3.34. The van der Waals surface area contributed by atoms with Gasteiger partial charge in [-0.25, -0.2) is 4.63 Å². The first-order valence-corrected chi connectivity index (χ1v) is 6.30. The molecule has 2 aromatic rings. The van der Waals surface area contributed by atoms with Gasteiger partial charge in [-0.3, -0.25) is 4.79 Å². The van der Waals surface area contributed by atoms with Crippen molar-refractivity contribution < 1.29 is 14.2 Å². The van der Waals surface area contributed by atoms with E-state index >= 15 is 0 Å². The van der Waals surface area contributed by atoms with Crippen LogP contribution in [0.3, 0.4) is 0 Å². The molecule has 0 aliphatic carbocycles. The zero-order valence-corrected chi connectivity index (χ0v) is 11.9. The van der Waals surface area contributed by atoms with Crippen LogP contribution in [-0.2, 0) is 4.79 Å². The quantitative estimate of drug-likeness (QED) is 0.927. The van der Waals surface area contributed by atoms with E-state index in [1.807, 2.05) is 32.0 Å². The summed E-state index contributed by atoms with van der Waals surface area (Å²) < 4.78 is 10.2. The van der Waals surface area contributed by atoms with Crippen molar-refractivity contribution in [3.8, 4) is 5.75 Å². The Balaban J connectivity index is 2.02. The van der Waals surface area contributed by atoms with E-state index in [1.165, 1.54) is 0 Å². The van der Waals surface area contributed by atoms with Crippen molar-refractivity contribution in [2.45, 2.75) is 33.8 Å². The molecular formula is C14H17N3O3. The van der Waals surface area contributed by atoms with Crippen LogP contribution in [0, 0.1) is 20.8 Å². The lowest BCUT2D eigenvalue weighted by atomic mass is 10.1. The van der Waals surface area contributed by atoms with E-state index in [0.717, 1.165) is 11.1 Å². The third-order valence-electron chi connectivity index (χ3n) is 2.77. The molecule has 20 heavy (non-hydrogen) atoms. The number of nitrogens with zero attached hydrogens (tertiary/aromatic N) is 2. The van der Waals surface area contributed by atoms with Crippen molar-refractivity contribution in [3.05, 3.63) is 35.0 Å². The number of carbonyl (C=O) groups is 1. The minimum absolute atomic E-state index is 0.303. The number of amides is 1. The Kier molecular flexibility index (Phi) is 4.02. The molecule has 1 amide bonds. The van der Waals surface area contributed by atoms with Crippen LogP contribution >= 0.6 is 0 Å². The van der Waals surface area contributed by atoms with Crippen molar-refractivity contribution in [2.75, 3.05) is 5.32 Å². The van der Waals surface area contributed by atoms with Crippen molar-refractivity contribution in [2.24, 2.45) is 0 Å². The van der Waals surface area contributed by atoms with E-state index < -0.39 is 6.10 Å². The van der Waals surface area contributed by atoms with E-state index in [0.29, 0.717) is 17.3 Å². The Morgan fingerprint density at radius 2 is 1.85 bits per heavy atom. The van der Waals surface area contributed by atoms with Gasteiger partial charge in [-0.15, -0.1) is 0 Å². The predicted molar refractivity (Wildman–Crippen MR) is 73.7 cm³/mol. The first kappa shape index (κ1) is 14.0. The molecule has 0 aliphatic heterocycles. The smallest absolute Gasteiger partial charge is 0.266 e. The summed E-state index contributed by atoms with van der Waals surface area (Å²) in [5, 5.41) is 9.80. The first-order valence-electron chi connectivity index (χ1n) is 6.30. The number of anilines is 1. The zero-order chi connectivity index (χ0) is 14.7. The van der Waals surface area contributed by atoms with Gasteiger partial charge in [0.15, 0.2) is 11.9 Å². The largest absolute Gasteiger partial charge is 0.481 e. The fourth-order valence-corrected chi connectivity index (χ4v) is 1.82. The highest BCUT2D eigenvalue weighted by Crippen LogP contribution is 2.18. The Morgan fingerprint density at radius 1 is 1.20 bits per heavy atom. The van der Waals surface area contributed by atoms with Crippen LogP contribution < -0.4 is 10.1 Å². The Hall–Kier alpha value is -2.37. The number of ether oxygens (including phenoxy) is 1. The molecule has 0 spiro atoms. The number of rotatable bonds is 4. The Labute approximate surface area is 117 Å². The molecular weight excluding hydrogens is 258 g/mol. The Morgan fingerprint density at radius 3 is 2.40 bits per heavy atom. The average molecular weight is 275 g/mol. The van der Waals surface area contributed by atoms with Gasteiger partial charge in [-0.05, 0) is 56.1 Å². The molecule has 0 unspecified atom stereocenters. The maximum absolute atomic E-state index is 12.0. The molecule has 6 heteroatoms. The Bertz CT molecular complexity index is 602. The van der Waals surface area contributed by atoms with E-state index in [4.69, 9.17) is 4.74 Å². The van der Waals surface area contributed by atoms with E-state index in [-0.39, 0.29) is 5.91 Å². The number of benzene rings is 1. The van der Waals surface area contributed by atoms with Gasteiger partial charge in [0.2, 0.25) is 0 Å². The lowest BCUT2D eigenvalue weighted by Gasteiger charge is -2.14. The monoisotopic (exact) mass is 275 g/mol. The van der Waals surface area contributed by atoms with Gasteiger partial charge in [-0.1, -0.05) is 11.2 Å². The van der Waals surface area contributed by atoms with Gasteiger partial charge < -0.3 is 10.1 Å². The lowest BCUT2D eigenvalue weighted by molar-refractivity contribution is -0.122. The van der Waals surface area contributed by atoms with Gasteiger partial charge in [0.05, 0.1) is 0 Å². The van der Waals surface area contributed by atoms with E-state index in [9.17, 15) is 4.79 Å². The average Bonchev–Trinajstić information content (AvgIpc) is 2.73. The molecule has 0 saturated heterocycles. The van der Waals surface area contributed by atoms with E-state index in [2.05, 4.69) is 20.3 Å². The standard InChI is InChI=1S/C14H17N3O3/c1-8-5-9(2)7-12(6-8)19-11(4)14(18)15-13-10(3)16-20-17-13/h5-7,11H,1-4H3,(H,15,17,18)/t11-/m0/s1. The van der Waals surface area contributed by atoms with Gasteiger partial charge >= 0.3 is 0 Å². The summed E-state index contributed by atoms with van der Waals surface area (Å²) in [7, 11) is 0. The SMILES string of the molecule is Cc1cc(C)cc(O[C@@H](C)C(=O)Nc2nonc2C)c1. The van der Waals surface area contributed by atoms with Crippen molar-refractivity contribution in [3.63, 3.8) is 0 Å².